The number of halogens is 2. The maximum absolute atomic E-state index is 13.7. The molecule has 0 bridgehead atoms. The second-order valence-corrected chi connectivity index (χ2v) is 6.19. The van der Waals surface area contributed by atoms with Crippen LogP contribution in [0.2, 0.25) is 0 Å². The summed E-state index contributed by atoms with van der Waals surface area (Å²) in [7, 11) is 1.87. The minimum atomic E-state index is -0.570. The number of piperidine rings is 1. The number of aliphatic hydroxyl groups is 1. The third-order valence-electron chi connectivity index (χ3n) is 4.61. The number of imidazole rings is 1. The minimum absolute atomic E-state index is 0.158. The molecule has 124 valence electrons. The molecule has 0 spiro atoms. The average Bonchev–Trinajstić information content (AvgIpc) is 2.96. The van der Waals surface area contributed by atoms with E-state index in [-0.39, 0.29) is 5.92 Å². The molecule has 1 aromatic carbocycles. The summed E-state index contributed by atoms with van der Waals surface area (Å²) in [6.45, 7) is 2.03. The van der Waals surface area contributed by atoms with Gasteiger partial charge in [-0.15, -0.1) is 0 Å². The molecule has 0 unspecified atom stereocenters. The van der Waals surface area contributed by atoms with Crippen LogP contribution in [-0.2, 0) is 13.6 Å². The summed E-state index contributed by atoms with van der Waals surface area (Å²) >= 11 is 0. The lowest BCUT2D eigenvalue weighted by Gasteiger charge is -2.34. The lowest BCUT2D eigenvalue weighted by Crippen LogP contribution is -2.35. The van der Waals surface area contributed by atoms with Crippen LogP contribution in [0.3, 0.4) is 0 Å². The number of nitrogens with zero attached hydrogens (tertiary/aromatic N) is 3. The molecule has 23 heavy (non-hydrogen) atoms. The van der Waals surface area contributed by atoms with Crippen LogP contribution in [0, 0.1) is 17.6 Å². The summed E-state index contributed by atoms with van der Waals surface area (Å²) in [6, 6.07) is 3.71. The van der Waals surface area contributed by atoms with Gasteiger partial charge in [0, 0.05) is 37.6 Å². The van der Waals surface area contributed by atoms with Gasteiger partial charge in [0.05, 0.1) is 0 Å². The standard InChI is InChI=1S/C17H21F2N3O/c1-21-9-6-20-17(21)16(23)12-4-7-22(8-5-12)11-13-2-3-14(18)10-15(13)19/h2-3,6,9-10,12,16,23H,4-5,7-8,11H2,1H3/t16-/m1/s1. The first-order chi connectivity index (χ1) is 11.0. The summed E-state index contributed by atoms with van der Waals surface area (Å²) in [5.41, 5.74) is 0.509. The molecule has 0 amide bonds. The van der Waals surface area contributed by atoms with Crippen molar-refractivity contribution >= 4 is 0 Å². The molecule has 1 aliphatic heterocycles. The van der Waals surface area contributed by atoms with E-state index in [9.17, 15) is 13.9 Å². The Bertz CT molecular complexity index is 666. The molecule has 1 aromatic heterocycles. The largest absolute Gasteiger partial charge is 0.385 e. The molecule has 6 heteroatoms. The molecule has 1 fully saturated rings. The summed E-state index contributed by atoms with van der Waals surface area (Å²) in [4.78, 5) is 6.35. The number of hydrogen-bond donors (Lipinski definition) is 1. The van der Waals surface area contributed by atoms with Crippen LogP contribution in [0.25, 0.3) is 0 Å². The molecule has 1 N–H and O–H groups in total. The molecule has 4 nitrogen and oxygen atoms in total. The highest BCUT2D eigenvalue weighted by Gasteiger charge is 2.28. The van der Waals surface area contributed by atoms with Crippen molar-refractivity contribution in [3.8, 4) is 0 Å². The monoisotopic (exact) mass is 321 g/mol. The van der Waals surface area contributed by atoms with Crippen LogP contribution in [-0.4, -0.2) is 32.6 Å². The van der Waals surface area contributed by atoms with E-state index in [0.29, 0.717) is 17.9 Å². The van der Waals surface area contributed by atoms with Crippen molar-refractivity contribution in [2.24, 2.45) is 13.0 Å². The predicted octanol–water partition coefficient (Wildman–Crippen LogP) is 2.64. The van der Waals surface area contributed by atoms with Crippen molar-refractivity contribution in [3.63, 3.8) is 0 Å². The highest BCUT2D eigenvalue weighted by Crippen LogP contribution is 2.30. The van der Waals surface area contributed by atoms with E-state index in [2.05, 4.69) is 9.88 Å². The van der Waals surface area contributed by atoms with Gasteiger partial charge in [0.25, 0.3) is 0 Å². The van der Waals surface area contributed by atoms with Gasteiger partial charge in [-0.1, -0.05) is 6.07 Å². The Hall–Kier alpha value is -1.79. The zero-order chi connectivity index (χ0) is 16.4. The number of aliphatic hydroxyl groups excluding tert-OH is 1. The van der Waals surface area contributed by atoms with Crippen LogP contribution in [0.15, 0.2) is 30.6 Å². The highest BCUT2D eigenvalue weighted by atomic mass is 19.1. The molecule has 3 rings (SSSR count). The molecule has 2 heterocycles. The molecule has 1 saturated heterocycles. The van der Waals surface area contributed by atoms with E-state index in [1.807, 2.05) is 17.8 Å². The third-order valence-corrected chi connectivity index (χ3v) is 4.61. The fraction of sp³-hybridized carbons (Fsp3) is 0.471. The fourth-order valence-electron chi connectivity index (χ4n) is 3.19. The molecule has 0 aliphatic carbocycles. The Labute approximate surface area is 134 Å². The smallest absolute Gasteiger partial charge is 0.137 e. The van der Waals surface area contributed by atoms with Crippen molar-refractivity contribution in [1.82, 2.24) is 14.5 Å². The van der Waals surface area contributed by atoms with Gasteiger partial charge in [-0.3, -0.25) is 4.90 Å². The maximum Gasteiger partial charge on any atom is 0.137 e. The number of aromatic nitrogens is 2. The number of likely N-dealkylation sites (tertiary alicyclic amines) is 1. The quantitative estimate of drug-likeness (QED) is 0.941. The lowest BCUT2D eigenvalue weighted by molar-refractivity contribution is 0.0489. The Balaban J connectivity index is 1.57. The topological polar surface area (TPSA) is 41.3 Å². The molecule has 0 radical (unpaired) electrons. The predicted molar refractivity (Wildman–Crippen MR) is 82.5 cm³/mol. The molecule has 1 atom stereocenters. The Morgan fingerprint density at radius 1 is 1.30 bits per heavy atom. The van der Waals surface area contributed by atoms with Crippen molar-refractivity contribution in [3.05, 3.63) is 53.6 Å². The van der Waals surface area contributed by atoms with Gasteiger partial charge in [0.2, 0.25) is 0 Å². The second-order valence-electron chi connectivity index (χ2n) is 6.19. The van der Waals surface area contributed by atoms with Gasteiger partial charge in [-0.05, 0) is 37.9 Å². The van der Waals surface area contributed by atoms with Crippen LogP contribution >= 0.6 is 0 Å². The van der Waals surface area contributed by atoms with Crippen LogP contribution < -0.4 is 0 Å². The summed E-state index contributed by atoms with van der Waals surface area (Å²) in [5.74, 6) is -0.207. The van der Waals surface area contributed by atoms with Gasteiger partial charge in [0.1, 0.15) is 23.6 Å². The Morgan fingerprint density at radius 3 is 2.65 bits per heavy atom. The van der Waals surface area contributed by atoms with Crippen LogP contribution in [0.5, 0.6) is 0 Å². The summed E-state index contributed by atoms with van der Waals surface area (Å²) in [5, 5.41) is 10.5. The zero-order valence-electron chi connectivity index (χ0n) is 13.1. The number of rotatable bonds is 4. The SMILES string of the molecule is Cn1ccnc1[C@H](O)C1CCN(Cc2ccc(F)cc2F)CC1. The highest BCUT2D eigenvalue weighted by molar-refractivity contribution is 5.18. The molecular weight excluding hydrogens is 300 g/mol. The van der Waals surface area contributed by atoms with Crippen LogP contribution in [0.4, 0.5) is 8.78 Å². The van der Waals surface area contributed by atoms with Crippen molar-refractivity contribution in [1.29, 1.82) is 0 Å². The van der Waals surface area contributed by atoms with E-state index in [1.165, 1.54) is 12.1 Å². The van der Waals surface area contributed by atoms with E-state index in [1.54, 1.807) is 6.20 Å². The fourth-order valence-corrected chi connectivity index (χ4v) is 3.19. The second kappa shape index (κ2) is 6.76. The molecule has 1 aliphatic rings. The first-order valence-corrected chi connectivity index (χ1v) is 7.86. The Kier molecular flexibility index (Phi) is 4.73. The molecule has 0 saturated carbocycles. The van der Waals surface area contributed by atoms with Crippen molar-refractivity contribution < 1.29 is 13.9 Å². The van der Waals surface area contributed by atoms with Gasteiger partial charge in [-0.2, -0.15) is 0 Å². The Morgan fingerprint density at radius 2 is 2.04 bits per heavy atom. The van der Waals surface area contributed by atoms with E-state index in [4.69, 9.17) is 0 Å². The normalized spacial score (nSPS) is 18.3. The summed E-state index contributed by atoms with van der Waals surface area (Å²) < 4.78 is 28.5. The first kappa shape index (κ1) is 16.1. The number of aryl methyl sites for hydroxylation is 1. The first-order valence-electron chi connectivity index (χ1n) is 7.86. The van der Waals surface area contributed by atoms with Gasteiger partial charge in [0.15, 0.2) is 0 Å². The van der Waals surface area contributed by atoms with E-state index < -0.39 is 17.7 Å². The van der Waals surface area contributed by atoms with Crippen LogP contribution in [0.1, 0.15) is 30.3 Å². The minimum Gasteiger partial charge on any atom is -0.385 e. The van der Waals surface area contributed by atoms with Crippen molar-refractivity contribution in [2.75, 3.05) is 13.1 Å². The van der Waals surface area contributed by atoms with Gasteiger partial charge < -0.3 is 9.67 Å². The summed E-state index contributed by atoms with van der Waals surface area (Å²) in [6.07, 6.45) is 4.60. The maximum atomic E-state index is 13.7. The van der Waals surface area contributed by atoms with Crippen molar-refractivity contribution in [2.45, 2.75) is 25.5 Å². The molecule has 2 aromatic rings. The van der Waals surface area contributed by atoms with E-state index in [0.717, 1.165) is 32.0 Å². The number of benzene rings is 1. The van der Waals surface area contributed by atoms with E-state index >= 15 is 0 Å². The zero-order valence-corrected chi connectivity index (χ0v) is 13.1. The molecular formula is C17H21F2N3O. The average molecular weight is 321 g/mol. The van der Waals surface area contributed by atoms with Gasteiger partial charge in [-0.25, -0.2) is 13.8 Å². The number of hydrogen-bond acceptors (Lipinski definition) is 3. The lowest BCUT2D eigenvalue weighted by atomic mass is 9.90. The van der Waals surface area contributed by atoms with Gasteiger partial charge >= 0.3 is 0 Å². The third kappa shape index (κ3) is 3.59.